The van der Waals surface area contributed by atoms with Gasteiger partial charge in [0, 0.05) is 30.7 Å². The Kier molecular flexibility index (Phi) is 4.45. The number of ketones is 2. The molecule has 22 heavy (non-hydrogen) atoms. The summed E-state index contributed by atoms with van der Waals surface area (Å²) in [4.78, 5) is 28.9. The third-order valence-electron chi connectivity index (χ3n) is 4.34. The average Bonchev–Trinajstić information content (AvgIpc) is 2.53. The van der Waals surface area contributed by atoms with Gasteiger partial charge in [0.2, 0.25) is 0 Å². The number of hydrogen-bond acceptors (Lipinski definition) is 5. The molecule has 1 aromatic carbocycles. The minimum absolute atomic E-state index is 0.0115. The van der Waals surface area contributed by atoms with Crippen LogP contribution >= 0.6 is 0 Å². The number of piperidine rings is 1. The number of carbonyl (C=O) groups is 2. The first-order chi connectivity index (χ1) is 10.6. The number of benzene rings is 1. The van der Waals surface area contributed by atoms with Gasteiger partial charge in [-0.15, -0.1) is 0 Å². The molecule has 0 spiro atoms. The van der Waals surface area contributed by atoms with Gasteiger partial charge in [0.15, 0.2) is 5.78 Å². The number of fused-ring (bicyclic) bond motifs is 1. The second-order valence-electron chi connectivity index (χ2n) is 5.98. The van der Waals surface area contributed by atoms with Gasteiger partial charge in [-0.3, -0.25) is 14.6 Å². The quantitative estimate of drug-likeness (QED) is 0.886. The van der Waals surface area contributed by atoms with Crippen LogP contribution in [0.3, 0.4) is 0 Å². The van der Waals surface area contributed by atoms with Gasteiger partial charge in [-0.1, -0.05) is 12.1 Å². The minimum Gasteiger partial charge on any atom is -0.391 e. The summed E-state index contributed by atoms with van der Waals surface area (Å²) in [6.07, 6.45) is 3.17. The number of nitrogens with zero attached hydrogens (tertiary/aromatic N) is 1. The molecule has 5 nitrogen and oxygen atoms in total. The maximum Gasteiger partial charge on any atom is 0.173 e. The van der Waals surface area contributed by atoms with Crippen LogP contribution in [0.25, 0.3) is 0 Å². The molecule has 1 fully saturated rings. The highest BCUT2D eigenvalue weighted by molar-refractivity contribution is 6.13. The fraction of sp³-hybridized carbons (Fsp3) is 0.471. The van der Waals surface area contributed by atoms with E-state index in [-0.39, 0.29) is 30.4 Å². The molecule has 5 heteroatoms. The van der Waals surface area contributed by atoms with Crippen LogP contribution in [-0.4, -0.2) is 41.6 Å². The van der Waals surface area contributed by atoms with E-state index in [2.05, 4.69) is 10.3 Å². The van der Waals surface area contributed by atoms with Gasteiger partial charge < -0.3 is 10.4 Å². The van der Waals surface area contributed by atoms with E-state index in [4.69, 9.17) is 0 Å². The van der Waals surface area contributed by atoms with Crippen LogP contribution in [0.1, 0.15) is 36.0 Å². The van der Waals surface area contributed by atoms with Crippen LogP contribution in [0.2, 0.25) is 0 Å². The molecule has 0 radical (unpaired) electrons. The van der Waals surface area contributed by atoms with E-state index >= 15 is 0 Å². The predicted octanol–water partition coefficient (Wildman–Crippen LogP) is 1.66. The first-order valence-electron chi connectivity index (χ1n) is 7.76. The van der Waals surface area contributed by atoms with Gasteiger partial charge in [0.1, 0.15) is 5.78 Å². The van der Waals surface area contributed by atoms with Crippen molar-refractivity contribution in [1.29, 1.82) is 0 Å². The van der Waals surface area contributed by atoms with Gasteiger partial charge >= 0.3 is 0 Å². The third-order valence-corrected chi connectivity index (χ3v) is 4.34. The number of aliphatic hydroxyl groups excluding tert-OH is 1. The van der Waals surface area contributed by atoms with E-state index in [1.165, 1.54) is 0 Å². The maximum absolute atomic E-state index is 12.4. The molecule has 0 amide bonds. The summed E-state index contributed by atoms with van der Waals surface area (Å²) in [5.41, 5.74) is 1.25. The summed E-state index contributed by atoms with van der Waals surface area (Å²) in [7, 11) is 0. The van der Waals surface area contributed by atoms with E-state index in [0.29, 0.717) is 11.3 Å². The van der Waals surface area contributed by atoms with Crippen molar-refractivity contribution in [3.63, 3.8) is 0 Å². The molecule has 2 aliphatic heterocycles. The second kappa shape index (κ2) is 6.50. The monoisotopic (exact) mass is 300 g/mol. The lowest BCUT2D eigenvalue weighted by Gasteiger charge is -2.28. The molecular weight excluding hydrogens is 280 g/mol. The first kappa shape index (κ1) is 15.1. The molecule has 0 unspecified atom stereocenters. The Morgan fingerprint density at radius 2 is 2.14 bits per heavy atom. The van der Waals surface area contributed by atoms with Gasteiger partial charge in [0.25, 0.3) is 0 Å². The van der Waals surface area contributed by atoms with Crippen LogP contribution in [0.5, 0.6) is 0 Å². The van der Waals surface area contributed by atoms with Crippen molar-refractivity contribution in [1.82, 2.24) is 5.32 Å². The van der Waals surface area contributed by atoms with Gasteiger partial charge in [-0.25, -0.2) is 0 Å². The summed E-state index contributed by atoms with van der Waals surface area (Å²) in [6, 6.07) is 7.00. The number of rotatable bonds is 4. The Morgan fingerprint density at radius 3 is 2.95 bits per heavy atom. The Bertz CT molecular complexity index is 612. The molecule has 116 valence electrons. The molecule has 2 aliphatic rings. The van der Waals surface area contributed by atoms with Crippen LogP contribution in [0.4, 0.5) is 5.69 Å². The zero-order valence-electron chi connectivity index (χ0n) is 12.4. The molecular formula is C17H20N2O3. The zero-order chi connectivity index (χ0) is 15.5. The number of carbonyl (C=O) groups excluding carboxylic acids is 2. The number of para-hydroxylation sites is 1. The maximum atomic E-state index is 12.4. The highest BCUT2D eigenvalue weighted by Crippen LogP contribution is 2.27. The SMILES string of the molecule is O=C(C[C@@H]1C=Nc2ccccc2C1=O)C[C@H]1NCCC[C@@H]1O. The van der Waals surface area contributed by atoms with E-state index in [1.807, 2.05) is 6.07 Å². The minimum atomic E-state index is -0.483. The fourth-order valence-corrected chi connectivity index (χ4v) is 3.10. The Hall–Kier alpha value is -1.85. The molecule has 2 heterocycles. The lowest BCUT2D eigenvalue weighted by molar-refractivity contribution is -0.120. The van der Waals surface area contributed by atoms with E-state index in [9.17, 15) is 14.7 Å². The topological polar surface area (TPSA) is 78.8 Å². The Morgan fingerprint density at radius 1 is 1.32 bits per heavy atom. The molecule has 3 rings (SSSR count). The largest absolute Gasteiger partial charge is 0.391 e. The standard InChI is InChI=1S/C17H20N2O3/c20-12(9-15-16(21)6-3-7-18-15)8-11-10-19-14-5-2-1-4-13(14)17(11)22/h1-2,4-5,10-11,15-16,18,21H,3,6-9H2/t11-,15-,16+/m1/s1. The number of Topliss-reactive ketones (excluding diaryl/α,β-unsaturated/α-hetero) is 2. The summed E-state index contributed by atoms with van der Waals surface area (Å²) < 4.78 is 0. The fourth-order valence-electron chi connectivity index (χ4n) is 3.10. The van der Waals surface area contributed by atoms with Crippen molar-refractivity contribution in [2.75, 3.05) is 6.54 Å². The highest BCUT2D eigenvalue weighted by atomic mass is 16.3. The van der Waals surface area contributed by atoms with Gasteiger partial charge in [0.05, 0.1) is 17.7 Å². The van der Waals surface area contributed by atoms with Crippen LogP contribution in [0.15, 0.2) is 29.3 Å². The van der Waals surface area contributed by atoms with Crippen molar-refractivity contribution in [3.05, 3.63) is 29.8 Å². The Balaban J connectivity index is 1.62. The molecule has 0 bridgehead atoms. The molecule has 2 N–H and O–H groups in total. The van der Waals surface area contributed by atoms with Crippen molar-refractivity contribution in [2.24, 2.45) is 10.9 Å². The first-order valence-corrected chi connectivity index (χ1v) is 7.76. The number of hydrogen-bond donors (Lipinski definition) is 2. The van der Waals surface area contributed by atoms with Crippen LogP contribution < -0.4 is 5.32 Å². The second-order valence-corrected chi connectivity index (χ2v) is 5.98. The van der Waals surface area contributed by atoms with E-state index in [1.54, 1.807) is 24.4 Å². The molecule has 0 aliphatic carbocycles. The van der Waals surface area contributed by atoms with Crippen molar-refractivity contribution in [3.8, 4) is 0 Å². The third kappa shape index (κ3) is 3.15. The van der Waals surface area contributed by atoms with Gasteiger partial charge in [-0.2, -0.15) is 0 Å². The number of aliphatic hydroxyl groups is 1. The molecule has 0 aromatic heterocycles. The zero-order valence-corrected chi connectivity index (χ0v) is 12.4. The Labute approximate surface area is 129 Å². The lowest BCUT2D eigenvalue weighted by Crippen LogP contribution is -2.46. The predicted molar refractivity (Wildman–Crippen MR) is 83.7 cm³/mol. The molecule has 1 saturated heterocycles. The summed E-state index contributed by atoms with van der Waals surface area (Å²) >= 11 is 0. The van der Waals surface area contributed by atoms with E-state index < -0.39 is 12.0 Å². The molecule has 1 aromatic rings. The molecule has 3 atom stereocenters. The summed E-state index contributed by atoms with van der Waals surface area (Å²) in [5.74, 6) is -0.540. The van der Waals surface area contributed by atoms with Crippen molar-refractivity contribution in [2.45, 2.75) is 37.8 Å². The van der Waals surface area contributed by atoms with Crippen LogP contribution in [-0.2, 0) is 4.79 Å². The lowest BCUT2D eigenvalue weighted by atomic mass is 9.88. The van der Waals surface area contributed by atoms with E-state index in [0.717, 1.165) is 19.4 Å². The van der Waals surface area contributed by atoms with Gasteiger partial charge in [-0.05, 0) is 31.5 Å². The van der Waals surface area contributed by atoms with Crippen molar-refractivity contribution < 1.29 is 14.7 Å². The molecule has 0 saturated carbocycles. The smallest absolute Gasteiger partial charge is 0.173 e. The van der Waals surface area contributed by atoms with Crippen molar-refractivity contribution >= 4 is 23.5 Å². The number of nitrogens with one attached hydrogen (secondary N) is 1. The van der Waals surface area contributed by atoms with Crippen LogP contribution in [0, 0.1) is 5.92 Å². The number of aliphatic imine (C=N–C) groups is 1. The average molecular weight is 300 g/mol. The summed E-state index contributed by atoms with van der Waals surface area (Å²) in [6.45, 7) is 0.826. The normalized spacial score (nSPS) is 27.5. The highest BCUT2D eigenvalue weighted by Gasteiger charge is 2.29. The summed E-state index contributed by atoms with van der Waals surface area (Å²) in [5, 5.41) is 13.1.